The number of ether oxygens (including phenoxy) is 1. The molecule has 5 aliphatic carbocycles. The third kappa shape index (κ3) is 0.849. The maximum atomic E-state index is 5.72. The van der Waals surface area contributed by atoms with Crippen LogP contribution in [0.5, 0.6) is 0 Å². The monoisotopic (exact) mass is 284 g/mol. The Morgan fingerprint density at radius 2 is 2.12 bits per heavy atom. The summed E-state index contributed by atoms with van der Waals surface area (Å²) in [6, 6.07) is 0. The summed E-state index contributed by atoms with van der Waals surface area (Å²) in [5.74, 6) is 5.03. The van der Waals surface area contributed by atoms with Crippen LogP contribution in [0.15, 0.2) is 0 Å². The average molecular weight is 285 g/mol. The first-order valence-corrected chi connectivity index (χ1v) is 7.85. The number of methoxy groups -OCH3 is 1. The quantitative estimate of drug-likeness (QED) is 0.719. The summed E-state index contributed by atoms with van der Waals surface area (Å²) >= 11 is 4.06. The fourth-order valence-corrected chi connectivity index (χ4v) is 7.69. The van der Waals surface area contributed by atoms with Crippen LogP contribution in [0.1, 0.15) is 32.6 Å². The predicted octanol–water partition coefficient (Wildman–Crippen LogP) is 3.47. The molecule has 5 aliphatic rings. The Hall–Kier alpha value is 0.440. The van der Waals surface area contributed by atoms with E-state index in [2.05, 4.69) is 22.9 Å². The van der Waals surface area contributed by atoms with Gasteiger partial charge < -0.3 is 4.74 Å². The lowest BCUT2D eigenvalue weighted by Gasteiger charge is -2.19. The van der Waals surface area contributed by atoms with Gasteiger partial charge in [-0.1, -0.05) is 35.7 Å². The van der Waals surface area contributed by atoms with Crippen molar-refractivity contribution in [2.24, 2.45) is 35.0 Å². The SMILES string of the molecule is CCCCC12C(Br)C3C4C[C@H](OC)C3C1C42. The molecule has 5 rings (SSSR count). The lowest BCUT2D eigenvalue weighted by Crippen LogP contribution is -2.22. The van der Waals surface area contributed by atoms with Crippen LogP contribution in [0.3, 0.4) is 0 Å². The van der Waals surface area contributed by atoms with Crippen LogP contribution < -0.4 is 0 Å². The Balaban J connectivity index is 1.64. The highest BCUT2D eigenvalue weighted by Gasteiger charge is 2.88. The fourth-order valence-electron chi connectivity index (χ4n) is 6.10. The second-order valence-electron chi connectivity index (χ2n) is 6.50. The highest BCUT2D eigenvalue weighted by atomic mass is 79.9. The van der Waals surface area contributed by atoms with Crippen molar-refractivity contribution in [3.63, 3.8) is 0 Å². The minimum Gasteiger partial charge on any atom is -0.381 e. The van der Waals surface area contributed by atoms with E-state index in [1.807, 2.05) is 7.11 Å². The van der Waals surface area contributed by atoms with Crippen molar-refractivity contribution in [1.82, 2.24) is 0 Å². The third-order valence-electron chi connectivity index (χ3n) is 6.38. The highest BCUT2D eigenvalue weighted by Crippen LogP contribution is 2.89. The van der Waals surface area contributed by atoms with Crippen LogP contribution in [0.25, 0.3) is 0 Å². The summed E-state index contributed by atoms with van der Waals surface area (Å²) in [7, 11) is 1.92. The first kappa shape index (κ1) is 10.4. The highest BCUT2D eigenvalue weighted by molar-refractivity contribution is 9.09. The fraction of sp³-hybridized carbons (Fsp3) is 1.00. The third-order valence-corrected chi connectivity index (χ3v) is 7.85. The zero-order valence-electron chi connectivity index (χ0n) is 10.2. The van der Waals surface area contributed by atoms with Gasteiger partial charge in [-0.2, -0.15) is 0 Å². The number of unbranched alkanes of at least 4 members (excludes halogenated alkanes) is 1. The van der Waals surface area contributed by atoms with E-state index in [1.54, 1.807) is 0 Å². The van der Waals surface area contributed by atoms with Crippen molar-refractivity contribution < 1.29 is 4.74 Å². The summed E-state index contributed by atoms with van der Waals surface area (Å²) in [6.07, 6.45) is 6.23. The number of hydrogen-bond donors (Lipinski definition) is 0. The van der Waals surface area contributed by atoms with Gasteiger partial charge in [0.2, 0.25) is 0 Å². The maximum absolute atomic E-state index is 5.72. The molecule has 7 unspecified atom stereocenters. The zero-order chi connectivity index (χ0) is 11.1. The predicted molar refractivity (Wildman–Crippen MR) is 67.5 cm³/mol. The van der Waals surface area contributed by atoms with E-state index in [4.69, 9.17) is 4.74 Å². The first-order valence-electron chi connectivity index (χ1n) is 6.94. The van der Waals surface area contributed by atoms with Crippen LogP contribution >= 0.6 is 15.9 Å². The molecule has 5 fully saturated rings. The molecule has 0 spiro atoms. The Morgan fingerprint density at radius 1 is 1.31 bits per heavy atom. The van der Waals surface area contributed by atoms with Gasteiger partial charge >= 0.3 is 0 Å². The van der Waals surface area contributed by atoms with Gasteiger partial charge in [-0.05, 0) is 47.8 Å². The van der Waals surface area contributed by atoms with Gasteiger partial charge in [0.1, 0.15) is 0 Å². The van der Waals surface area contributed by atoms with Gasteiger partial charge in [-0.3, -0.25) is 0 Å². The van der Waals surface area contributed by atoms with Crippen molar-refractivity contribution in [2.75, 3.05) is 7.11 Å². The molecule has 0 saturated heterocycles. The summed E-state index contributed by atoms with van der Waals surface area (Å²) in [4.78, 5) is 0.830. The van der Waals surface area contributed by atoms with Crippen LogP contribution in [0.2, 0.25) is 0 Å². The van der Waals surface area contributed by atoms with E-state index in [9.17, 15) is 0 Å². The Morgan fingerprint density at radius 3 is 2.75 bits per heavy atom. The van der Waals surface area contributed by atoms with Crippen molar-refractivity contribution in [2.45, 2.75) is 43.5 Å². The van der Waals surface area contributed by atoms with E-state index >= 15 is 0 Å². The van der Waals surface area contributed by atoms with E-state index in [0.717, 1.165) is 39.8 Å². The Labute approximate surface area is 106 Å². The van der Waals surface area contributed by atoms with Crippen LogP contribution in [0.4, 0.5) is 0 Å². The van der Waals surface area contributed by atoms with Crippen molar-refractivity contribution >= 4 is 15.9 Å². The molecule has 0 aromatic carbocycles. The molecule has 16 heavy (non-hydrogen) atoms. The second kappa shape index (κ2) is 3.06. The normalized spacial score (nSPS) is 64.3. The number of hydrogen-bond acceptors (Lipinski definition) is 1. The van der Waals surface area contributed by atoms with Gasteiger partial charge in [-0.15, -0.1) is 0 Å². The van der Waals surface area contributed by atoms with Crippen molar-refractivity contribution in [3.8, 4) is 0 Å². The molecule has 0 aromatic rings. The maximum Gasteiger partial charge on any atom is 0.0608 e. The van der Waals surface area contributed by atoms with Gasteiger partial charge in [-0.25, -0.2) is 0 Å². The van der Waals surface area contributed by atoms with E-state index in [0.29, 0.717) is 6.10 Å². The Kier molecular flexibility index (Phi) is 1.98. The molecular formula is C14H21BrO. The number of alkyl halides is 1. The average Bonchev–Trinajstić information content (AvgIpc) is 2.58. The molecule has 90 valence electrons. The van der Waals surface area contributed by atoms with Gasteiger partial charge in [0.15, 0.2) is 0 Å². The molecular weight excluding hydrogens is 264 g/mol. The second-order valence-corrected chi connectivity index (χ2v) is 7.48. The minimum atomic E-state index is 0.599. The summed E-state index contributed by atoms with van der Waals surface area (Å²) < 4.78 is 5.72. The van der Waals surface area contributed by atoms with Crippen LogP contribution in [-0.4, -0.2) is 18.0 Å². The van der Waals surface area contributed by atoms with E-state index < -0.39 is 0 Å². The number of halogens is 1. The Bertz CT molecular complexity index is 327. The molecule has 0 aliphatic heterocycles. The van der Waals surface area contributed by atoms with E-state index in [1.165, 1.54) is 25.7 Å². The topological polar surface area (TPSA) is 9.23 Å². The zero-order valence-corrected chi connectivity index (χ0v) is 11.7. The van der Waals surface area contributed by atoms with E-state index in [-0.39, 0.29) is 0 Å². The number of rotatable bonds is 4. The molecule has 0 heterocycles. The first-order chi connectivity index (χ1) is 7.77. The summed E-state index contributed by atoms with van der Waals surface area (Å²) in [5, 5.41) is 0. The largest absolute Gasteiger partial charge is 0.381 e. The molecule has 0 aromatic heterocycles. The molecule has 6 bridgehead atoms. The lowest BCUT2D eigenvalue weighted by atomic mass is 9.96. The molecule has 0 amide bonds. The molecule has 2 heteroatoms. The van der Waals surface area contributed by atoms with Gasteiger partial charge in [0, 0.05) is 11.9 Å². The standard InChI is InChI=1S/C14H21BrO/c1-3-4-5-14-11-7-6-8(16-2)10(12(11)14)9(7)13(14)15/h7-13H,3-6H2,1-2H3/t7?,8-,9?,10?,11?,12?,13?,14?/m0/s1. The summed E-state index contributed by atoms with van der Waals surface area (Å²) in [5.41, 5.74) is 0.725. The van der Waals surface area contributed by atoms with Crippen molar-refractivity contribution in [3.05, 3.63) is 0 Å². The smallest absolute Gasteiger partial charge is 0.0608 e. The van der Waals surface area contributed by atoms with Crippen LogP contribution in [0, 0.1) is 35.0 Å². The lowest BCUT2D eigenvalue weighted by molar-refractivity contribution is 0.0498. The minimum absolute atomic E-state index is 0.599. The summed E-state index contributed by atoms with van der Waals surface area (Å²) in [6.45, 7) is 2.32. The van der Waals surface area contributed by atoms with Crippen molar-refractivity contribution in [1.29, 1.82) is 0 Å². The van der Waals surface area contributed by atoms with Crippen LogP contribution in [-0.2, 0) is 4.74 Å². The molecule has 0 radical (unpaired) electrons. The molecule has 0 N–H and O–H groups in total. The molecule has 5 saturated carbocycles. The van der Waals surface area contributed by atoms with Gasteiger partial charge in [0.05, 0.1) is 6.10 Å². The molecule has 8 atom stereocenters. The molecule has 1 nitrogen and oxygen atoms in total. The van der Waals surface area contributed by atoms with Gasteiger partial charge in [0.25, 0.3) is 0 Å².